The molecule has 8 heteroatoms. The van der Waals surface area contributed by atoms with Crippen molar-refractivity contribution in [2.24, 2.45) is 0 Å². The fourth-order valence-electron chi connectivity index (χ4n) is 3.41. The van der Waals surface area contributed by atoms with Crippen molar-refractivity contribution in [1.29, 1.82) is 0 Å². The molecule has 1 aliphatic rings. The van der Waals surface area contributed by atoms with E-state index in [2.05, 4.69) is 5.32 Å². The number of anilines is 2. The monoisotopic (exact) mass is 367 g/mol. The predicted molar refractivity (Wildman–Crippen MR) is 105 cm³/mol. The van der Waals surface area contributed by atoms with Gasteiger partial charge in [-0.15, -0.1) is 0 Å². The zero-order chi connectivity index (χ0) is 19.3. The average molecular weight is 367 g/mol. The second-order valence-electron chi connectivity index (χ2n) is 6.76. The molecular formula is C19H21N5O3. The van der Waals surface area contributed by atoms with Crippen molar-refractivity contribution in [1.82, 2.24) is 14.7 Å². The third-order valence-corrected chi connectivity index (χ3v) is 4.97. The van der Waals surface area contributed by atoms with Gasteiger partial charge >= 0.3 is 0 Å². The van der Waals surface area contributed by atoms with Gasteiger partial charge in [-0.2, -0.15) is 5.10 Å². The second-order valence-corrected chi connectivity index (χ2v) is 6.76. The zero-order valence-corrected chi connectivity index (χ0v) is 15.7. The van der Waals surface area contributed by atoms with Crippen molar-refractivity contribution >= 4 is 28.0 Å². The first-order valence-electron chi connectivity index (χ1n) is 8.82. The molecule has 0 amide bonds. The lowest BCUT2D eigenvalue weighted by atomic mass is 9.99. The van der Waals surface area contributed by atoms with Crippen LogP contribution in [-0.2, 0) is 0 Å². The van der Waals surface area contributed by atoms with Gasteiger partial charge < -0.3 is 10.1 Å². The molecule has 3 aromatic rings. The third kappa shape index (κ3) is 2.60. The van der Waals surface area contributed by atoms with Crippen LogP contribution >= 0.6 is 0 Å². The van der Waals surface area contributed by atoms with Gasteiger partial charge in [0.1, 0.15) is 23.3 Å². The maximum atomic E-state index is 11.6. The molecule has 0 saturated heterocycles. The highest BCUT2D eigenvalue weighted by molar-refractivity contribution is 6.12. The molecule has 1 aromatic heterocycles. The molecule has 27 heavy (non-hydrogen) atoms. The third-order valence-electron chi connectivity index (χ3n) is 4.97. The van der Waals surface area contributed by atoms with Gasteiger partial charge in [0.15, 0.2) is 0 Å². The fraction of sp³-hybridized carbons (Fsp3) is 0.316. The van der Waals surface area contributed by atoms with Gasteiger partial charge in [-0.3, -0.25) is 15.0 Å². The van der Waals surface area contributed by atoms with E-state index in [0.717, 1.165) is 33.6 Å². The summed E-state index contributed by atoms with van der Waals surface area (Å²) < 4.78 is 7.54. The molecule has 0 spiro atoms. The molecule has 2 heterocycles. The fourth-order valence-corrected chi connectivity index (χ4v) is 3.41. The van der Waals surface area contributed by atoms with E-state index in [1.165, 1.54) is 6.07 Å². The Morgan fingerprint density at radius 1 is 1.33 bits per heavy atom. The highest BCUT2D eigenvalue weighted by Crippen LogP contribution is 2.48. The summed E-state index contributed by atoms with van der Waals surface area (Å²) in [5.41, 5.74) is 3.77. The second kappa shape index (κ2) is 6.24. The van der Waals surface area contributed by atoms with Crippen molar-refractivity contribution in [3.05, 3.63) is 40.4 Å². The lowest BCUT2D eigenvalue weighted by Crippen LogP contribution is -2.23. The van der Waals surface area contributed by atoms with Crippen LogP contribution in [0.15, 0.2) is 30.3 Å². The summed E-state index contributed by atoms with van der Waals surface area (Å²) in [5, 5.41) is 20.4. The van der Waals surface area contributed by atoms with Crippen LogP contribution in [0.2, 0.25) is 0 Å². The number of ether oxygens (including phenoxy) is 1. The van der Waals surface area contributed by atoms with Crippen molar-refractivity contribution in [3.63, 3.8) is 0 Å². The van der Waals surface area contributed by atoms with Crippen LogP contribution in [-0.4, -0.2) is 40.3 Å². The molecule has 8 nitrogen and oxygen atoms in total. The minimum atomic E-state index is -0.363. The molecule has 0 radical (unpaired) electrons. The molecular weight excluding hydrogens is 346 g/mol. The number of nitro benzene ring substituents is 1. The lowest BCUT2D eigenvalue weighted by molar-refractivity contribution is -0.383. The smallest absolute Gasteiger partial charge is 0.293 e. The first-order chi connectivity index (χ1) is 12.9. The quantitative estimate of drug-likeness (QED) is 0.421. The van der Waals surface area contributed by atoms with E-state index in [1.807, 2.05) is 55.7 Å². The summed E-state index contributed by atoms with van der Waals surface area (Å²) >= 11 is 0. The summed E-state index contributed by atoms with van der Waals surface area (Å²) in [4.78, 5) is 13.2. The number of hydrogen-bond donors (Lipinski definition) is 1. The number of aromatic nitrogens is 2. The van der Waals surface area contributed by atoms with E-state index in [-0.39, 0.29) is 16.8 Å². The average Bonchev–Trinajstić information content (AvgIpc) is 3.02. The number of benzene rings is 2. The zero-order valence-electron chi connectivity index (χ0n) is 15.7. The summed E-state index contributed by atoms with van der Waals surface area (Å²) in [6.07, 6.45) is -0.00724. The van der Waals surface area contributed by atoms with E-state index >= 15 is 0 Å². The molecule has 4 rings (SSSR count). The van der Waals surface area contributed by atoms with Crippen LogP contribution in [0.5, 0.6) is 5.75 Å². The highest BCUT2D eigenvalue weighted by Gasteiger charge is 2.30. The highest BCUT2D eigenvalue weighted by atomic mass is 16.6. The van der Waals surface area contributed by atoms with Gasteiger partial charge in [0.2, 0.25) is 0 Å². The van der Waals surface area contributed by atoms with Gasteiger partial charge in [0.05, 0.1) is 22.4 Å². The van der Waals surface area contributed by atoms with Crippen LogP contribution < -0.4 is 10.1 Å². The van der Waals surface area contributed by atoms with E-state index < -0.39 is 0 Å². The Bertz CT molecular complexity index is 1060. The number of nitrogens with one attached hydrogen (secondary N) is 1. The van der Waals surface area contributed by atoms with E-state index in [4.69, 9.17) is 9.84 Å². The summed E-state index contributed by atoms with van der Waals surface area (Å²) in [5.74, 6) is 0.746. The summed E-state index contributed by atoms with van der Waals surface area (Å²) in [6.45, 7) is 4.54. The van der Waals surface area contributed by atoms with Gasteiger partial charge in [-0.05, 0) is 52.2 Å². The largest absolute Gasteiger partial charge is 0.494 e. The molecule has 1 aliphatic heterocycles. The molecule has 1 unspecified atom stereocenters. The Labute approximate surface area is 156 Å². The molecule has 0 saturated carbocycles. The minimum absolute atomic E-state index is 0.00724. The molecule has 1 N–H and O–H groups in total. The number of hydrogen-bond acceptors (Lipinski definition) is 6. The molecule has 0 aliphatic carbocycles. The van der Waals surface area contributed by atoms with Gasteiger partial charge in [-0.1, -0.05) is 0 Å². The van der Waals surface area contributed by atoms with Crippen molar-refractivity contribution < 1.29 is 9.66 Å². The normalized spacial score (nSPS) is 13.4. The maximum Gasteiger partial charge on any atom is 0.293 e. The standard InChI is InChI=1S/C19H21N5O3/c1-5-27-12-6-7-14-13(10-12)18-17-15(23(21-18)11(2)22(3)4)8-9-16(24(25)26)19(17)20-14/h6-11,20H,5H2,1-4H3. The molecule has 140 valence electrons. The molecule has 0 bridgehead atoms. The summed E-state index contributed by atoms with van der Waals surface area (Å²) in [7, 11) is 3.95. The Balaban J connectivity index is 2.04. The SMILES string of the molecule is CCOc1ccc2c(c1)-c1nn(C(C)N(C)C)c3ccc([N+](=O)[O-])c(c13)N2. The number of nitro groups is 1. The van der Waals surface area contributed by atoms with E-state index in [1.54, 1.807) is 6.07 Å². The van der Waals surface area contributed by atoms with Crippen LogP contribution in [0.1, 0.15) is 20.0 Å². The van der Waals surface area contributed by atoms with Gasteiger partial charge in [0, 0.05) is 17.3 Å². The van der Waals surface area contributed by atoms with Crippen molar-refractivity contribution in [2.45, 2.75) is 20.0 Å². The first-order valence-corrected chi connectivity index (χ1v) is 8.82. The van der Waals surface area contributed by atoms with Crippen LogP contribution in [0, 0.1) is 10.1 Å². The molecule has 0 fully saturated rings. The van der Waals surface area contributed by atoms with E-state index in [0.29, 0.717) is 12.3 Å². The van der Waals surface area contributed by atoms with E-state index in [9.17, 15) is 10.1 Å². The van der Waals surface area contributed by atoms with Crippen LogP contribution in [0.4, 0.5) is 17.1 Å². The Hall–Kier alpha value is -3.13. The minimum Gasteiger partial charge on any atom is -0.494 e. The molecule has 2 aromatic carbocycles. The maximum absolute atomic E-state index is 11.6. The number of rotatable bonds is 5. The van der Waals surface area contributed by atoms with Crippen LogP contribution in [0.25, 0.3) is 22.2 Å². The van der Waals surface area contributed by atoms with Gasteiger partial charge in [-0.25, -0.2) is 4.68 Å². The Morgan fingerprint density at radius 3 is 2.78 bits per heavy atom. The topological polar surface area (TPSA) is 85.5 Å². The van der Waals surface area contributed by atoms with Gasteiger partial charge in [0.25, 0.3) is 5.69 Å². The summed E-state index contributed by atoms with van der Waals surface area (Å²) in [6, 6.07) is 8.97. The molecule has 1 atom stereocenters. The predicted octanol–water partition coefficient (Wildman–Crippen LogP) is 4.15. The van der Waals surface area contributed by atoms with Crippen molar-refractivity contribution in [2.75, 3.05) is 26.0 Å². The Morgan fingerprint density at radius 2 is 2.11 bits per heavy atom. The number of fused-ring (bicyclic) bond motifs is 2. The first kappa shape index (κ1) is 17.3. The van der Waals surface area contributed by atoms with Crippen LogP contribution in [0.3, 0.4) is 0 Å². The van der Waals surface area contributed by atoms with Crippen molar-refractivity contribution in [3.8, 4) is 17.0 Å². The number of nitrogens with zero attached hydrogens (tertiary/aromatic N) is 4. The lowest BCUT2D eigenvalue weighted by Gasteiger charge is -2.21. The Kier molecular flexibility index (Phi) is 4.00.